The van der Waals surface area contributed by atoms with Crippen LogP contribution in [0.2, 0.25) is 0 Å². The van der Waals surface area contributed by atoms with Crippen LogP contribution >= 0.6 is 0 Å². The van der Waals surface area contributed by atoms with Gasteiger partial charge in [0.05, 0.1) is 6.54 Å². The molecule has 6 heteroatoms. The molecule has 0 aliphatic heterocycles. The first-order chi connectivity index (χ1) is 4.86. The van der Waals surface area contributed by atoms with Crippen LogP contribution < -0.4 is 5.32 Å². The first kappa shape index (κ1) is 9.80. The molecule has 4 nitrogen and oxygen atoms in total. The fourth-order valence-electron chi connectivity index (χ4n) is 0.311. The number of rotatable bonds is 3. The van der Waals surface area contributed by atoms with Gasteiger partial charge in [0.2, 0.25) is 5.91 Å². The highest BCUT2D eigenvalue weighted by atomic mass is 19.3. The molecule has 0 saturated heterocycles. The second kappa shape index (κ2) is 3.27. The molecule has 1 amide bonds. The predicted molar refractivity (Wildman–Crippen MR) is 31.3 cm³/mol. The number of hydrogen-bond acceptors (Lipinski definition) is 2. The molecule has 0 radical (unpaired) electrons. The molecule has 0 unspecified atom stereocenters. The van der Waals surface area contributed by atoms with Crippen molar-refractivity contribution in [3.05, 3.63) is 0 Å². The van der Waals surface area contributed by atoms with E-state index in [-0.39, 0.29) is 0 Å². The standard InChI is InChI=1S/C5H7F2NO3/c1-3(9)8-2-5(6,7)4(10)11/h2H2,1H3,(H,8,9)(H,10,11). The number of aliphatic carboxylic acids is 1. The second-order valence-electron chi connectivity index (χ2n) is 1.92. The second-order valence-corrected chi connectivity index (χ2v) is 1.92. The molecule has 0 atom stereocenters. The SMILES string of the molecule is CC(=O)NCC(F)(F)C(=O)O. The number of nitrogens with one attached hydrogen (secondary N) is 1. The average Bonchev–Trinajstić information content (AvgIpc) is 1.84. The zero-order valence-electron chi connectivity index (χ0n) is 5.73. The van der Waals surface area contributed by atoms with Crippen LogP contribution in [0.3, 0.4) is 0 Å². The normalized spacial score (nSPS) is 10.8. The zero-order chi connectivity index (χ0) is 9.07. The minimum absolute atomic E-state index is 0.689. The lowest BCUT2D eigenvalue weighted by Gasteiger charge is -2.10. The highest BCUT2D eigenvalue weighted by molar-refractivity contribution is 5.78. The van der Waals surface area contributed by atoms with Crippen LogP contribution in [-0.2, 0) is 9.59 Å². The van der Waals surface area contributed by atoms with Gasteiger partial charge in [-0.3, -0.25) is 4.79 Å². The Morgan fingerprint density at radius 3 is 2.27 bits per heavy atom. The van der Waals surface area contributed by atoms with Gasteiger partial charge in [-0.2, -0.15) is 8.78 Å². The van der Waals surface area contributed by atoms with E-state index >= 15 is 0 Å². The van der Waals surface area contributed by atoms with Crippen molar-refractivity contribution in [2.45, 2.75) is 12.8 Å². The van der Waals surface area contributed by atoms with E-state index in [9.17, 15) is 18.4 Å². The van der Waals surface area contributed by atoms with Crippen LogP contribution in [-0.4, -0.2) is 29.5 Å². The Morgan fingerprint density at radius 2 is 2.00 bits per heavy atom. The molecule has 0 aromatic rings. The van der Waals surface area contributed by atoms with Crippen LogP contribution in [0.25, 0.3) is 0 Å². The lowest BCUT2D eigenvalue weighted by atomic mass is 10.3. The van der Waals surface area contributed by atoms with Gasteiger partial charge in [0, 0.05) is 6.92 Å². The van der Waals surface area contributed by atoms with Crippen LogP contribution in [0, 0.1) is 0 Å². The molecule has 0 heterocycles. The number of halogens is 2. The number of alkyl halides is 2. The lowest BCUT2D eigenvalue weighted by molar-refractivity contribution is -0.164. The largest absolute Gasteiger partial charge is 0.477 e. The fourth-order valence-corrected chi connectivity index (χ4v) is 0.311. The molecule has 0 saturated carbocycles. The number of carboxylic acid groups (broad SMARTS) is 1. The van der Waals surface area contributed by atoms with E-state index in [0.29, 0.717) is 0 Å². The van der Waals surface area contributed by atoms with Gasteiger partial charge in [0.25, 0.3) is 0 Å². The Kier molecular flexibility index (Phi) is 2.91. The number of hydrogen-bond donors (Lipinski definition) is 2. The minimum atomic E-state index is -3.88. The molecule has 11 heavy (non-hydrogen) atoms. The van der Waals surface area contributed by atoms with E-state index in [0.717, 1.165) is 6.92 Å². The number of carbonyl (C=O) groups is 2. The summed E-state index contributed by atoms with van der Waals surface area (Å²) < 4.78 is 24.2. The summed E-state index contributed by atoms with van der Waals surface area (Å²) in [5, 5.41) is 9.55. The van der Waals surface area contributed by atoms with Crippen molar-refractivity contribution in [1.82, 2.24) is 5.32 Å². The third-order valence-electron chi connectivity index (χ3n) is 0.872. The number of amides is 1. The smallest absolute Gasteiger partial charge is 0.376 e. The van der Waals surface area contributed by atoms with Crippen LogP contribution in [0.15, 0.2) is 0 Å². The van der Waals surface area contributed by atoms with Crippen molar-refractivity contribution in [2.24, 2.45) is 0 Å². The Bertz CT molecular complexity index is 181. The Balaban J connectivity index is 3.92. The van der Waals surface area contributed by atoms with Crippen molar-refractivity contribution in [3.63, 3.8) is 0 Å². The molecule has 0 spiro atoms. The van der Waals surface area contributed by atoms with E-state index in [4.69, 9.17) is 5.11 Å². The summed E-state index contributed by atoms with van der Waals surface area (Å²) in [4.78, 5) is 19.8. The average molecular weight is 167 g/mol. The Morgan fingerprint density at radius 1 is 1.55 bits per heavy atom. The first-order valence-corrected chi connectivity index (χ1v) is 2.72. The van der Waals surface area contributed by atoms with Crippen LogP contribution in [0.4, 0.5) is 8.78 Å². The molecule has 0 aliphatic rings. The van der Waals surface area contributed by atoms with E-state index in [1.807, 2.05) is 0 Å². The fraction of sp³-hybridized carbons (Fsp3) is 0.600. The molecular weight excluding hydrogens is 160 g/mol. The number of carboxylic acids is 1. The third-order valence-corrected chi connectivity index (χ3v) is 0.872. The summed E-state index contributed by atoms with van der Waals surface area (Å²) >= 11 is 0. The Hall–Kier alpha value is -1.20. The van der Waals surface area contributed by atoms with Gasteiger partial charge in [-0.05, 0) is 0 Å². The van der Waals surface area contributed by atoms with Gasteiger partial charge < -0.3 is 10.4 Å². The maximum atomic E-state index is 12.1. The molecule has 0 rings (SSSR count). The van der Waals surface area contributed by atoms with Crippen molar-refractivity contribution >= 4 is 11.9 Å². The topological polar surface area (TPSA) is 66.4 Å². The van der Waals surface area contributed by atoms with Gasteiger partial charge in [0.15, 0.2) is 0 Å². The van der Waals surface area contributed by atoms with Crippen molar-refractivity contribution in [3.8, 4) is 0 Å². The summed E-state index contributed by atoms with van der Waals surface area (Å²) in [6.07, 6.45) is 0. The maximum Gasteiger partial charge on any atom is 0.376 e. The third kappa shape index (κ3) is 3.49. The molecule has 64 valence electrons. The summed E-state index contributed by atoms with van der Waals surface area (Å²) in [7, 11) is 0. The first-order valence-electron chi connectivity index (χ1n) is 2.72. The van der Waals surface area contributed by atoms with E-state index in [2.05, 4.69) is 0 Å². The number of carbonyl (C=O) groups excluding carboxylic acids is 1. The molecular formula is C5H7F2NO3. The summed E-state index contributed by atoms with van der Waals surface area (Å²) in [6.45, 7) is -0.143. The van der Waals surface area contributed by atoms with Crippen LogP contribution in [0.1, 0.15) is 6.92 Å². The zero-order valence-corrected chi connectivity index (χ0v) is 5.73. The van der Waals surface area contributed by atoms with Gasteiger partial charge in [-0.1, -0.05) is 0 Å². The highest BCUT2D eigenvalue weighted by Crippen LogP contribution is 2.10. The molecule has 0 bridgehead atoms. The van der Waals surface area contributed by atoms with Gasteiger partial charge in [-0.25, -0.2) is 4.79 Å². The summed E-state index contributed by atoms with van der Waals surface area (Å²) in [5.41, 5.74) is 0. The van der Waals surface area contributed by atoms with Crippen molar-refractivity contribution < 1.29 is 23.5 Å². The van der Waals surface area contributed by atoms with E-state index in [1.54, 1.807) is 5.32 Å². The highest BCUT2D eigenvalue weighted by Gasteiger charge is 2.38. The molecule has 2 N–H and O–H groups in total. The molecule has 0 aromatic heterocycles. The summed E-state index contributed by atoms with van der Waals surface area (Å²) in [5.74, 6) is -6.82. The molecule has 0 aliphatic carbocycles. The van der Waals surface area contributed by atoms with Crippen molar-refractivity contribution in [1.29, 1.82) is 0 Å². The lowest BCUT2D eigenvalue weighted by Crippen LogP contribution is -2.41. The molecule has 0 fully saturated rings. The summed E-state index contributed by atoms with van der Waals surface area (Å²) in [6, 6.07) is 0. The quantitative estimate of drug-likeness (QED) is 0.613. The van der Waals surface area contributed by atoms with Gasteiger partial charge in [0.1, 0.15) is 0 Å². The monoisotopic (exact) mass is 167 g/mol. The minimum Gasteiger partial charge on any atom is -0.477 e. The van der Waals surface area contributed by atoms with Crippen molar-refractivity contribution in [2.75, 3.05) is 6.54 Å². The maximum absolute atomic E-state index is 12.1. The van der Waals surface area contributed by atoms with Crippen LogP contribution in [0.5, 0.6) is 0 Å². The molecule has 0 aromatic carbocycles. The predicted octanol–water partition coefficient (Wildman–Crippen LogP) is -0.158. The van der Waals surface area contributed by atoms with Gasteiger partial charge >= 0.3 is 11.9 Å². The van der Waals surface area contributed by atoms with Gasteiger partial charge in [-0.15, -0.1) is 0 Å². The van der Waals surface area contributed by atoms with E-state index < -0.39 is 24.3 Å². The van der Waals surface area contributed by atoms with E-state index in [1.165, 1.54) is 0 Å². The Labute approximate surface area is 61.2 Å².